The molecule has 0 bridgehead atoms. The van der Waals surface area contributed by atoms with E-state index in [9.17, 15) is 9.90 Å². The van der Waals surface area contributed by atoms with Gasteiger partial charge < -0.3 is 10.4 Å². The van der Waals surface area contributed by atoms with Crippen LogP contribution in [0.2, 0.25) is 0 Å². The summed E-state index contributed by atoms with van der Waals surface area (Å²) < 4.78 is 0. The number of hydrogen-bond acceptors (Lipinski definition) is 3. The van der Waals surface area contributed by atoms with Gasteiger partial charge in [0.1, 0.15) is 0 Å². The molecule has 98 valence electrons. The van der Waals surface area contributed by atoms with E-state index in [-0.39, 0.29) is 12.0 Å². The molecule has 4 heteroatoms. The number of anilines is 1. The number of aryl methyl sites for hydroxylation is 2. The van der Waals surface area contributed by atoms with Crippen LogP contribution in [0.25, 0.3) is 0 Å². The van der Waals surface area contributed by atoms with Crippen molar-refractivity contribution in [2.24, 2.45) is 0 Å². The van der Waals surface area contributed by atoms with Gasteiger partial charge in [0.25, 0.3) is 0 Å². The molecule has 0 unspecified atom stereocenters. The van der Waals surface area contributed by atoms with Crippen LogP contribution < -0.4 is 5.32 Å². The highest BCUT2D eigenvalue weighted by atomic mass is 16.3. The molecule has 1 saturated heterocycles. The van der Waals surface area contributed by atoms with Crippen LogP contribution in [0.15, 0.2) is 18.2 Å². The molecule has 1 amide bonds. The van der Waals surface area contributed by atoms with Gasteiger partial charge >= 0.3 is 0 Å². The van der Waals surface area contributed by atoms with Crippen LogP contribution in [0.4, 0.5) is 5.69 Å². The lowest BCUT2D eigenvalue weighted by Gasteiger charge is -2.14. The van der Waals surface area contributed by atoms with Gasteiger partial charge in [-0.3, -0.25) is 9.69 Å². The topological polar surface area (TPSA) is 52.6 Å². The predicted octanol–water partition coefficient (Wildman–Crippen LogP) is 1.31. The molecule has 0 radical (unpaired) electrons. The molecule has 1 aliphatic heterocycles. The van der Waals surface area contributed by atoms with Crippen molar-refractivity contribution in [1.82, 2.24) is 4.90 Å². The first-order chi connectivity index (χ1) is 8.54. The summed E-state index contributed by atoms with van der Waals surface area (Å²) in [7, 11) is 0. The summed E-state index contributed by atoms with van der Waals surface area (Å²) in [4.78, 5) is 13.8. The van der Waals surface area contributed by atoms with Gasteiger partial charge in [-0.25, -0.2) is 0 Å². The SMILES string of the molecule is Cc1ccc(NC(=O)CN2CC[C@H](O)C2)cc1C. The lowest BCUT2D eigenvalue weighted by Crippen LogP contribution is -2.32. The van der Waals surface area contributed by atoms with Crippen LogP contribution in [-0.2, 0) is 4.79 Å². The smallest absolute Gasteiger partial charge is 0.238 e. The number of carbonyl (C=O) groups excluding carboxylic acids is 1. The maximum absolute atomic E-state index is 11.8. The number of aliphatic hydroxyl groups excluding tert-OH is 1. The van der Waals surface area contributed by atoms with E-state index < -0.39 is 0 Å². The molecule has 2 N–H and O–H groups in total. The Labute approximate surface area is 108 Å². The van der Waals surface area contributed by atoms with Gasteiger partial charge in [0.15, 0.2) is 0 Å². The van der Waals surface area contributed by atoms with E-state index in [4.69, 9.17) is 0 Å². The van der Waals surface area contributed by atoms with E-state index in [0.29, 0.717) is 13.1 Å². The lowest BCUT2D eigenvalue weighted by molar-refractivity contribution is -0.117. The zero-order valence-electron chi connectivity index (χ0n) is 10.9. The maximum atomic E-state index is 11.8. The summed E-state index contributed by atoms with van der Waals surface area (Å²) in [5.74, 6) is -0.0210. The third-order valence-corrected chi connectivity index (χ3v) is 3.41. The van der Waals surface area contributed by atoms with Crippen molar-refractivity contribution < 1.29 is 9.90 Å². The fraction of sp³-hybridized carbons (Fsp3) is 0.500. The number of aliphatic hydroxyl groups is 1. The molecule has 1 atom stereocenters. The van der Waals surface area contributed by atoms with Crippen molar-refractivity contribution in [1.29, 1.82) is 0 Å². The van der Waals surface area contributed by atoms with Crippen LogP contribution in [0.1, 0.15) is 17.5 Å². The Hall–Kier alpha value is -1.39. The first-order valence-electron chi connectivity index (χ1n) is 6.32. The monoisotopic (exact) mass is 248 g/mol. The summed E-state index contributed by atoms with van der Waals surface area (Å²) in [5.41, 5.74) is 3.22. The summed E-state index contributed by atoms with van der Waals surface area (Å²) in [6, 6.07) is 5.90. The van der Waals surface area contributed by atoms with E-state index in [2.05, 4.69) is 5.32 Å². The maximum Gasteiger partial charge on any atom is 0.238 e. The van der Waals surface area contributed by atoms with Crippen LogP contribution >= 0.6 is 0 Å². The Morgan fingerprint density at radius 3 is 2.83 bits per heavy atom. The van der Waals surface area contributed by atoms with Gasteiger partial charge in [-0.1, -0.05) is 6.07 Å². The average molecular weight is 248 g/mol. The highest BCUT2D eigenvalue weighted by Gasteiger charge is 2.21. The van der Waals surface area contributed by atoms with E-state index in [1.54, 1.807) is 0 Å². The molecule has 1 fully saturated rings. The molecule has 1 aliphatic rings. The highest BCUT2D eigenvalue weighted by Crippen LogP contribution is 2.14. The van der Waals surface area contributed by atoms with Gasteiger partial charge in [0.05, 0.1) is 12.6 Å². The molecule has 0 aliphatic carbocycles. The van der Waals surface area contributed by atoms with E-state index in [0.717, 1.165) is 18.7 Å². The highest BCUT2D eigenvalue weighted by molar-refractivity contribution is 5.92. The molecule has 2 rings (SSSR count). The van der Waals surface area contributed by atoms with Crippen LogP contribution in [0, 0.1) is 13.8 Å². The van der Waals surface area contributed by atoms with E-state index in [1.807, 2.05) is 36.9 Å². The number of nitrogens with zero attached hydrogens (tertiary/aromatic N) is 1. The Morgan fingerprint density at radius 2 is 2.22 bits per heavy atom. The first-order valence-corrected chi connectivity index (χ1v) is 6.32. The van der Waals surface area contributed by atoms with Crippen LogP contribution in [0.3, 0.4) is 0 Å². The van der Waals surface area contributed by atoms with Gasteiger partial charge in [-0.15, -0.1) is 0 Å². The van der Waals surface area contributed by atoms with Crippen molar-refractivity contribution in [3.05, 3.63) is 29.3 Å². The molecule has 1 aromatic rings. The minimum Gasteiger partial charge on any atom is -0.392 e. The second kappa shape index (κ2) is 5.50. The number of likely N-dealkylation sites (tertiary alicyclic amines) is 1. The second-order valence-corrected chi connectivity index (χ2v) is 5.02. The van der Waals surface area contributed by atoms with Crippen LogP contribution in [0.5, 0.6) is 0 Å². The molecule has 1 heterocycles. The third kappa shape index (κ3) is 3.31. The van der Waals surface area contributed by atoms with Crippen molar-refractivity contribution in [2.45, 2.75) is 26.4 Å². The van der Waals surface area contributed by atoms with Gasteiger partial charge in [-0.2, -0.15) is 0 Å². The molecular formula is C14H20N2O2. The predicted molar refractivity (Wildman–Crippen MR) is 71.6 cm³/mol. The first kappa shape index (κ1) is 13.1. The number of benzene rings is 1. The minimum atomic E-state index is -0.278. The fourth-order valence-electron chi connectivity index (χ4n) is 2.18. The standard InChI is InChI=1S/C14H20N2O2/c1-10-3-4-12(7-11(10)2)15-14(18)9-16-6-5-13(17)8-16/h3-4,7,13,17H,5-6,8-9H2,1-2H3,(H,15,18)/t13-/m0/s1. The number of carbonyl (C=O) groups is 1. The largest absolute Gasteiger partial charge is 0.392 e. The lowest BCUT2D eigenvalue weighted by atomic mass is 10.1. The molecule has 0 aromatic heterocycles. The van der Waals surface area contributed by atoms with Crippen molar-refractivity contribution in [2.75, 3.05) is 25.0 Å². The zero-order chi connectivity index (χ0) is 13.1. The van der Waals surface area contributed by atoms with Crippen molar-refractivity contribution in [3.8, 4) is 0 Å². The Kier molecular flexibility index (Phi) is 3.99. The van der Waals surface area contributed by atoms with E-state index >= 15 is 0 Å². The molecule has 0 saturated carbocycles. The molecular weight excluding hydrogens is 228 g/mol. The Balaban J connectivity index is 1.89. The van der Waals surface area contributed by atoms with Crippen molar-refractivity contribution in [3.63, 3.8) is 0 Å². The normalized spacial score (nSPS) is 20.1. The summed E-state index contributed by atoms with van der Waals surface area (Å²) in [6.07, 6.45) is 0.483. The van der Waals surface area contributed by atoms with Gasteiger partial charge in [0, 0.05) is 18.8 Å². The Bertz CT molecular complexity index is 445. The van der Waals surface area contributed by atoms with E-state index in [1.165, 1.54) is 11.1 Å². The quantitative estimate of drug-likeness (QED) is 0.848. The van der Waals surface area contributed by atoms with Crippen LogP contribution in [-0.4, -0.2) is 41.7 Å². The fourth-order valence-corrected chi connectivity index (χ4v) is 2.18. The minimum absolute atomic E-state index is 0.0210. The molecule has 4 nitrogen and oxygen atoms in total. The van der Waals surface area contributed by atoms with Gasteiger partial charge in [-0.05, 0) is 43.5 Å². The molecule has 18 heavy (non-hydrogen) atoms. The summed E-state index contributed by atoms with van der Waals surface area (Å²) >= 11 is 0. The zero-order valence-corrected chi connectivity index (χ0v) is 10.9. The van der Waals surface area contributed by atoms with Gasteiger partial charge in [0.2, 0.25) is 5.91 Å². The molecule has 0 spiro atoms. The summed E-state index contributed by atoms with van der Waals surface area (Å²) in [6.45, 7) is 5.82. The second-order valence-electron chi connectivity index (χ2n) is 5.02. The third-order valence-electron chi connectivity index (χ3n) is 3.41. The summed E-state index contributed by atoms with van der Waals surface area (Å²) in [5, 5.41) is 12.3. The number of β-amino-alcohol motifs (C(OH)–C–C–N with tert-alkyl or cyclic N) is 1. The molecule has 1 aromatic carbocycles. The number of rotatable bonds is 3. The number of hydrogen-bond donors (Lipinski definition) is 2. The number of nitrogens with one attached hydrogen (secondary N) is 1. The Morgan fingerprint density at radius 1 is 1.44 bits per heavy atom. The average Bonchev–Trinajstić information content (AvgIpc) is 2.69. The van der Waals surface area contributed by atoms with Crippen molar-refractivity contribution >= 4 is 11.6 Å². The number of amides is 1.